The van der Waals surface area contributed by atoms with Crippen LogP contribution in [0.15, 0.2) is 53.4 Å². The van der Waals surface area contributed by atoms with Crippen molar-refractivity contribution >= 4 is 35.1 Å². The molecule has 1 amide bonds. The molecular weight excluding hydrogens is 374 g/mol. The first-order valence-corrected chi connectivity index (χ1v) is 9.98. The minimum atomic E-state index is -0.566. The van der Waals surface area contributed by atoms with Gasteiger partial charge in [-0.15, -0.1) is 11.8 Å². The first-order valence-electron chi connectivity index (χ1n) is 9.10. The molecule has 146 valence electrons. The highest BCUT2D eigenvalue weighted by Crippen LogP contribution is 2.36. The van der Waals surface area contributed by atoms with E-state index in [1.54, 1.807) is 12.1 Å². The van der Waals surface area contributed by atoms with Gasteiger partial charge in [0.1, 0.15) is 0 Å². The molecule has 2 aromatic rings. The standard InChI is InChI=1S/C22H23NO4S/c1-22(2,3)15-10-8-14(9-11-15)17(24)13-27-20(25)12-19-21(26)23-16-6-4-5-7-18(16)28-19/h4-11,19H,12-13H2,1-3H3,(H,23,26)/t19-/m0/s1. The predicted octanol–water partition coefficient (Wildman–Crippen LogP) is 4.21. The number of esters is 1. The summed E-state index contributed by atoms with van der Waals surface area (Å²) < 4.78 is 5.11. The maximum absolute atomic E-state index is 12.3. The van der Waals surface area contributed by atoms with E-state index in [2.05, 4.69) is 26.1 Å². The number of para-hydroxylation sites is 1. The van der Waals surface area contributed by atoms with Crippen LogP contribution >= 0.6 is 11.8 Å². The van der Waals surface area contributed by atoms with E-state index in [1.165, 1.54) is 11.8 Å². The zero-order chi connectivity index (χ0) is 20.3. The van der Waals surface area contributed by atoms with E-state index in [9.17, 15) is 14.4 Å². The Morgan fingerprint density at radius 1 is 1.07 bits per heavy atom. The van der Waals surface area contributed by atoms with Gasteiger partial charge in [-0.3, -0.25) is 14.4 Å². The molecule has 0 fully saturated rings. The van der Waals surface area contributed by atoms with E-state index in [0.29, 0.717) is 5.56 Å². The Bertz CT molecular complexity index is 899. The summed E-state index contributed by atoms with van der Waals surface area (Å²) in [5, 5.41) is 2.22. The molecule has 0 saturated heterocycles. The molecule has 0 aromatic heterocycles. The van der Waals surface area contributed by atoms with Crippen LogP contribution in [0.1, 0.15) is 43.1 Å². The zero-order valence-corrected chi connectivity index (χ0v) is 17.0. The molecule has 1 heterocycles. The maximum atomic E-state index is 12.3. The van der Waals surface area contributed by atoms with Crippen molar-refractivity contribution in [2.45, 2.75) is 42.8 Å². The number of benzene rings is 2. The lowest BCUT2D eigenvalue weighted by Crippen LogP contribution is -2.31. The number of rotatable bonds is 5. The van der Waals surface area contributed by atoms with Crippen LogP contribution in [0.4, 0.5) is 5.69 Å². The summed E-state index contributed by atoms with van der Waals surface area (Å²) in [7, 11) is 0. The number of ketones is 1. The van der Waals surface area contributed by atoms with Crippen molar-refractivity contribution in [1.29, 1.82) is 0 Å². The van der Waals surface area contributed by atoms with E-state index in [1.807, 2.05) is 36.4 Å². The van der Waals surface area contributed by atoms with Gasteiger partial charge < -0.3 is 10.1 Å². The molecule has 28 heavy (non-hydrogen) atoms. The molecule has 1 aliphatic heterocycles. The molecule has 0 spiro atoms. The minimum Gasteiger partial charge on any atom is -0.457 e. The maximum Gasteiger partial charge on any atom is 0.307 e. The van der Waals surface area contributed by atoms with Gasteiger partial charge in [0.15, 0.2) is 12.4 Å². The summed E-state index contributed by atoms with van der Waals surface area (Å²) >= 11 is 1.33. The second-order valence-electron chi connectivity index (χ2n) is 7.71. The average Bonchev–Trinajstić information content (AvgIpc) is 2.66. The van der Waals surface area contributed by atoms with Crippen LogP contribution < -0.4 is 5.32 Å². The molecule has 0 saturated carbocycles. The molecule has 1 atom stereocenters. The number of hydrogen-bond acceptors (Lipinski definition) is 5. The van der Waals surface area contributed by atoms with E-state index < -0.39 is 11.2 Å². The van der Waals surface area contributed by atoms with Crippen LogP contribution in [0.3, 0.4) is 0 Å². The SMILES string of the molecule is CC(C)(C)c1ccc(C(=O)COC(=O)C[C@@H]2Sc3ccccc3NC2=O)cc1. The summed E-state index contributed by atoms with van der Waals surface area (Å²) in [6.45, 7) is 5.97. The number of anilines is 1. The molecule has 0 unspecified atom stereocenters. The van der Waals surface area contributed by atoms with Gasteiger partial charge >= 0.3 is 5.97 Å². The van der Waals surface area contributed by atoms with Crippen LogP contribution in [-0.2, 0) is 19.7 Å². The van der Waals surface area contributed by atoms with Crippen LogP contribution in [0.2, 0.25) is 0 Å². The molecule has 1 aliphatic rings. The second kappa shape index (κ2) is 8.19. The van der Waals surface area contributed by atoms with E-state index in [-0.39, 0.29) is 30.1 Å². The van der Waals surface area contributed by atoms with Crippen molar-refractivity contribution < 1.29 is 19.1 Å². The molecule has 5 nitrogen and oxygen atoms in total. The second-order valence-corrected chi connectivity index (χ2v) is 8.95. The third-order valence-corrected chi connectivity index (χ3v) is 5.77. The number of fused-ring (bicyclic) bond motifs is 1. The fraction of sp³-hybridized carbons (Fsp3) is 0.318. The Morgan fingerprint density at radius 2 is 1.75 bits per heavy atom. The van der Waals surface area contributed by atoms with Gasteiger partial charge in [-0.2, -0.15) is 0 Å². The summed E-state index contributed by atoms with van der Waals surface area (Å²) in [5.41, 5.74) is 2.38. The Labute approximate surface area is 168 Å². The Kier molecular flexibility index (Phi) is 5.89. The van der Waals surface area contributed by atoms with Gasteiger partial charge in [0.2, 0.25) is 5.91 Å². The highest BCUT2D eigenvalue weighted by Gasteiger charge is 2.29. The first kappa shape index (κ1) is 20.1. The van der Waals surface area contributed by atoms with Gasteiger partial charge in [-0.05, 0) is 23.1 Å². The lowest BCUT2D eigenvalue weighted by atomic mass is 9.86. The number of thioether (sulfide) groups is 1. The van der Waals surface area contributed by atoms with Gasteiger partial charge in [0, 0.05) is 10.5 Å². The van der Waals surface area contributed by atoms with Crippen LogP contribution in [0.25, 0.3) is 0 Å². The van der Waals surface area contributed by atoms with Gasteiger partial charge in [0.05, 0.1) is 17.4 Å². The summed E-state index contributed by atoms with van der Waals surface area (Å²) in [6.07, 6.45) is -0.0823. The number of hydrogen-bond donors (Lipinski definition) is 1. The van der Waals surface area contributed by atoms with Crippen molar-refractivity contribution in [1.82, 2.24) is 0 Å². The Hall–Kier alpha value is -2.60. The lowest BCUT2D eigenvalue weighted by molar-refractivity contribution is -0.143. The Morgan fingerprint density at radius 3 is 2.43 bits per heavy atom. The van der Waals surface area contributed by atoms with Crippen molar-refractivity contribution in [3.8, 4) is 0 Å². The summed E-state index contributed by atoms with van der Waals surface area (Å²) in [6, 6.07) is 14.7. The quantitative estimate of drug-likeness (QED) is 0.604. The number of ether oxygens (including phenoxy) is 1. The fourth-order valence-corrected chi connectivity index (χ4v) is 3.92. The highest BCUT2D eigenvalue weighted by atomic mass is 32.2. The van der Waals surface area contributed by atoms with Crippen molar-refractivity contribution in [3.63, 3.8) is 0 Å². The predicted molar refractivity (Wildman–Crippen MR) is 110 cm³/mol. The third kappa shape index (κ3) is 4.81. The van der Waals surface area contributed by atoms with Crippen LogP contribution in [0, 0.1) is 0 Å². The molecule has 6 heteroatoms. The average molecular weight is 397 g/mol. The fourth-order valence-electron chi connectivity index (χ4n) is 2.82. The number of nitrogens with one attached hydrogen (secondary N) is 1. The molecule has 1 N–H and O–H groups in total. The number of carbonyl (C=O) groups is 3. The molecule has 2 aromatic carbocycles. The zero-order valence-electron chi connectivity index (χ0n) is 16.2. The van der Waals surface area contributed by atoms with Crippen molar-refractivity contribution in [2.75, 3.05) is 11.9 Å². The van der Waals surface area contributed by atoms with E-state index in [0.717, 1.165) is 16.1 Å². The van der Waals surface area contributed by atoms with Gasteiger partial charge in [-0.1, -0.05) is 57.2 Å². The minimum absolute atomic E-state index is 0.00486. The molecular formula is C22H23NO4S. The molecule has 0 radical (unpaired) electrons. The molecule has 0 bridgehead atoms. The van der Waals surface area contributed by atoms with Gasteiger partial charge in [0.25, 0.3) is 0 Å². The van der Waals surface area contributed by atoms with Crippen molar-refractivity contribution in [3.05, 3.63) is 59.7 Å². The normalized spacial score (nSPS) is 16.1. The number of Topliss-reactive ketones (excluding diaryl/α,β-unsaturated/α-hetero) is 1. The number of amides is 1. The third-order valence-electron chi connectivity index (χ3n) is 4.50. The highest BCUT2D eigenvalue weighted by molar-refractivity contribution is 8.01. The largest absolute Gasteiger partial charge is 0.457 e. The van der Waals surface area contributed by atoms with E-state index >= 15 is 0 Å². The summed E-state index contributed by atoms with van der Waals surface area (Å²) in [4.78, 5) is 37.5. The van der Waals surface area contributed by atoms with E-state index in [4.69, 9.17) is 4.74 Å². The summed E-state index contributed by atoms with van der Waals surface area (Å²) in [5.74, 6) is -1.06. The first-order chi connectivity index (χ1) is 13.2. The topological polar surface area (TPSA) is 72.5 Å². The van der Waals surface area contributed by atoms with Gasteiger partial charge in [-0.25, -0.2) is 0 Å². The van der Waals surface area contributed by atoms with Crippen LogP contribution in [0.5, 0.6) is 0 Å². The smallest absolute Gasteiger partial charge is 0.307 e. The van der Waals surface area contributed by atoms with Crippen LogP contribution in [-0.4, -0.2) is 29.5 Å². The van der Waals surface area contributed by atoms with Crippen molar-refractivity contribution in [2.24, 2.45) is 0 Å². The lowest BCUT2D eigenvalue weighted by Gasteiger charge is -2.23. The Balaban J connectivity index is 1.53. The number of carbonyl (C=O) groups excluding carboxylic acids is 3. The molecule has 0 aliphatic carbocycles. The monoisotopic (exact) mass is 397 g/mol. The molecule has 3 rings (SSSR count).